The molecular weight excluding hydrogens is 329 g/mol. The summed E-state index contributed by atoms with van der Waals surface area (Å²) in [6, 6.07) is 4.55. The number of amides is 1. The van der Waals surface area contributed by atoms with Crippen molar-refractivity contribution in [2.45, 2.75) is 34.2 Å². The van der Waals surface area contributed by atoms with Crippen molar-refractivity contribution in [1.29, 1.82) is 0 Å². The third-order valence-electron chi connectivity index (χ3n) is 3.43. The Morgan fingerprint density at radius 3 is 2.79 bits per heavy atom. The zero-order chi connectivity index (χ0) is 17.9. The molecule has 1 N–H and O–H groups in total. The van der Waals surface area contributed by atoms with Crippen molar-refractivity contribution in [2.75, 3.05) is 5.32 Å². The number of halogens is 2. The maximum atomic E-state index is 13.7. The molecule has 0 radical (unpaired) electrons. The van der Waals surface area contributed by atoms with Crippen molar-refractivity contribution in [3.8, 4) is 0 Å². The fraction of sp³-hybridized carbons (Fsp3) is 0.333. The minimum Gasteiger partial charge on any atom is -0.320 e. The predicted molar refractivity (Wildman–Crippen MR) is 95.6 cm³/mol. The molecule has 0 aliphatic heterocycles. The van der Waals surface area contributed by atoms with Crippen molar-refractivity contribution < 1.29 is 9.18 Å². The van der Waals surface area contributed by atoms with Gasteiger partial charge in [-0.2, -0.15) is 5.10 Å². The number of aryl methyl sites for hydroxylation is 2. The average Bonchev–Trinajstić information content (AvgIpc) is 2.74. The molecule has 0 saturated carbocycles. The van der Waals surface area contributed by atoms with E-state index in [1.807, 2.05) is 13.8 Å². The van der Waals surface area contributed by atoms with Gasteiger partial charge in [-0.05, 0) is 43.5 Å². The number of hydrogen-bond acceptors (Lipinski definition) is 2. The normalized spacial score (nSPS) is 11.5. The van der Waals surface area contributed by atoms with Crippen LogP contribution in [0.1, 0.15) is 30.7 Å². The first-order valence-corrected chi connectivity index (χ1v) is 8.14. The molecule has 1 aromatic carbocycles. The Morgan fingerprint density at radius 2 is 2.12 bits per heavy atom. The van der Waals surface area contributed by atoms with Crippen molar-refractivity contribution in [2.24, 2.45) is 5.92 Å². The lowest BCUT2D eigenvalue weighted by atomic mass is 10.2. The van der Waals surface area contributed by atoms with Crippen LogP contribution >= 0.6 is 11.6 Å². The van der Waals surface area contributed by atoms with Crippen LogP contribution in [0.4, 0.5) is 10.1 Å². The summed E-state index contributed by atoms with van der Waals surface area (Å²) in [5.41, 5.74) is 2.45. The van der Waals surface area contributed by atoms with Gasteiger partial charge in [0.1, 0.15) is 11.0 Å². The van der Waals surface area contributed by atoms with Gasteiger partial charge in [0.05, 0.1) is 11.4 Å². The third-order valence-corrected chi connectivity index (χ3v) is 3.83. The van der Waals surface area contributed by atoms with Gasteiger partial charge in [0.2, 0.25) is 5.91 Å². The molecule has 128 valence electrons. The largest absolute Gasteiger partial charge is 0.320 e. The Labute approximate surface area is 146 Å². The highest BCUT2D eigenvalue weighted by Crippen LogP contribution is 2.22. The van der Waals surface area contributed by atoms with Crippen molar-refractivity contribution in [3.05, 3.63) is 52.1 Å². The Bertz CT molecular complexity index is 781. The summed E-state index contributed by atoms with van der Waals surface area (Å²) in [7, 11) is 0. The lowest BCUT2D eigenvalue weighted by Gasteiger charge is -2.06. The van der Waals surface area contributed by atoms with Crippen LogP contribution in [-0.4, -0.2) is 15.7 Å². The molecule has 0 aliphatic carbocycles. The van der Waals surface area contributed by atoms with E-state index < -0.39 is 11.7 Å². The van der Waals surface area contributed by atoms with E-state index in [2.05, 4.69) is 24.3 Å². The molecule has 1 amide bonds. The molecule has 0 saturated heterocycles. The Balaban J connectivity index is 2.14. The summed E-state index contributed by atoms with van der Waals surface area (Å²) in [4.78, 5) is 12.0. The molecule has 1 aromatic heterocycles. The van der Waals surface area contributed by atoms with Gasteiger partial charge in [-0.3, -0.25) is 9.48 Å². The average molecular weight is 350 g/mol. The van der Waals surface area contributed by atoms with Crippen LogP contribution in [-0.2, 0) is 11.3 Å². The topological polar surface area (TPSA) is 46.9 Å². The summed E-state index contributed by atoms with van der Waals surface area (Å²) in [6.07, 6.45) is 2.93. The van der Waals surface area contributed by atoms with E-state index in [9.17, 15) is 9.18 Å². The summed E-state index contributed by atoms with van der Waals surface area (Å²) in [6.45, 7) is 8.52. The van der Waals surface area contributed by atoms with Crippen LogP contribution in [0.5, 0.6) is 0 Å². The summed E-state index contributed by atoms with van der Waals surface area (Å²) < 4.78 is 15.4. The van der Waals surface area contributed by atoms with Gasteiger partial charge in [0.25, 0.3) is 0 Å². The second-order valence-electron chi connectivity index (χ2n) is 6.17. The fourth-order valence-corrected chi connectivity index (χ4v) is 2.60. The van der Waals surface area contributed by atoms with E-state index in [1.54, 1.807) is 22.9 Å². The van der Waals surface area contributed by atoms with Crippen molar-refractivity contribution >= 4 is 29.3 Å². The SMILES string of the molecule is Cc1ccc(F)c(NC(=O)/C=C/c2c(C)nn(CC(C)C)c2Cl)c1. The smallest absolute Gasteiger partial charge is 0.248 e. The number of nitrogens with one attached hydrogen (secondary N) is 1. The number of nitrogens with zero attached hydrogens (tertiary/aromatic N) is 2. The Kier molecular flexibility index (Phi) is 5.78. The highest BCUT2D eigenvalue weighted by Gasteiger charge is 2.12. The zero-order valence-corrected chi connectivity index (χ0v) is 15.0. The Hall–Kier alpha value is -2.14. The number of carbonyl (C=O) groups excluding carboxylic acids is 1. The van der Waals surface area contributed by atoms with E-state index in [-0.39, 0.29) is 5.69 Å². The number of rotatable bonds is 5. The summed E-state index contributed by atoms with van der Waals surface area (Å²) >= 11 is 6.32. The van der Waals surface area contributed by atoms with Gasteiger partial charge in [-0.15, -0.1) is 0 Å². The highest BCUT2D eigenvalue weighted by atomic mass is 35.5. The summed E-state index contributed by atoms with van der Waals surface area (Å²) in [5.74, 6) is -0.487. The standard InChI is InChI=1S/C18H21ClFN3O/c1-11(2)10-23-18(19)14(13(4)22-23)6-8-17(24)21-16-9-12(3)5-7-15(16)20/h5-9,11H,10H2,1-4H3,(H,21,24)/b8-6+. The first-order chi connectivity index (χ1) is 11.3. The lowest BCUT2D eigenvalue weighted by Crippen LogP contribution is -2.09. The van der Waals surface area contributed by atoms with Crippen molar-refractivity contribution in [3.63, 3.8) is 0 Å². The monoisotopic (exact) mass is 349 g/mol. The maximum Gasteiger partial charge on any atom is 0.248 e. The van der Waals surface area contributed by atoms with Crippen LogP contribution < -0.4 is 5.32 Å². The number of aromatic nitrogens is 2. The van der Waals surface area contributed by atoms with E-state index in [0.29, 0.717) is 23.2 Å². The molecule has 0 spiro atoms. The van der Waals surface area contributed by atoms with Crippen LogP contribution in [0.15, 0.2) is 24.3 Å². The van der Waals surface area contributed by atoms with E-state index in [4.69, 9.17) is 11.6 Å². The quantitative estimate of drug-likeness (QED) is 0.802. The molecule has 24 heavy (non-hydrogen) atoms. The molecule has 0 bridgehead atoms. The van der Waals surface area contributed by atoms with E-state index in [1.165, 1.54) is 12.1 Å². The molecule has 4 nitrogen and oxygen atoms in total. The molecule has 2 rings (SSSR count). The van der Waals surface area contributed by atoms with Crippen molar-refractivity contribution in [1.82, 2.24) is 9.78 Å². The number of benzene rings is 1. The number of anilines is 1. The van der Waals surface area contributed by atoms with Crippen LogP contribution in [0, 0.1) is 25.6 Å². The molecule has 0 aliphatic rings. The fourth-order valence-electron chi connectivity index (χ4n) is 2.29. The lowest BCUT2D eigenvalue weighted by molar-refractivity contribution is -0.111. The van der Waals surface area contributed by atoms with Crippen LogP contribution in [0.2, 0.25) is 5.15 Å². The molecule has 1 heterocycles. The second kappa shape index (κ2) is 7.62. The Morgan fingerprint density at radius 1 is 1.42 bits per heavy atom. The van der Waals surface area contributed by atoms with Crippen LogP contribution in [0.3, 0.4) is 0 Å². The molecule has 0 unspecified atom stereocenters. The van der Waals surface area contributed by atoms with Gasteiger partial charge in [-0.1, -0.05) is 31.5 Å². The van der Waals surface area contributed by atoms with Gasteiger partial charge >= 0.3 is 0 Å². The van der Waals surface area contributed by atoms with Gasteiger partial charge < -0.3 is 5.32 Å². The number of carbonyl (C=O) groups is 1. The minimum atomic E-state index is -0.471. The zero-order valence-electron chi connectivity index (χ0n) is 14.2. The molecule has 6 heteroatoms. The second-order valence-corrected chi connectivity index (χ2v) is 6.53. The van der Waals surface area contributed by atoms with Gasteiger partial charge in [0, 0.05) is 18.2 Å². The molecule has 0 fully saturated rings. The molecule has 0 atom stereocenters. The number of hydrogen-bond donors (Lipinski definition) is 1. The van der Waals surface area contributed by atoms with Crippen LogP contribution in [0.25, 0.3) is 6.08 Å². The van der Waals surface area contributed by atoms with Gasteiger partial charge in [0.15, 0.2) is 0 Å². The third kappa shape index (κ3) is 4.45. The molecule has 2 aromatic rings. The van der Waals surface area contributed by atoms with E-state index >= 15 is 0 Å². The highest BCUT2D eigenvalue weighted by molar-refractivity contribution is 6.31. The molecular formula is C18H21ClFN3O. The van der Waals surface area contributed by atoms with Gasteiger partial charge in [-0.25, -0.2) is 4.39 Å². The first-order valence-electron chi connectivity index (χ1n) is 7.76. The van der Waals surface area contributed by atoms with E-state index in [0.717, 1.165) is 11.3 Å². The minimum absolute atomic E-state index is 0.156. The first kappa shape index (κ1) is 18.2. The summed E-state index contributed by atoms with van der Waals surface area (Å²) in [5, 5.41) is 7.40. The predicted octanol–water partition coefficient (Wildman–Crippen LogP) is 4.60. The maximum absolute atomic E-state index is 13.7.